The third kappa shape index (κ3) is 3.86. The molecule has 4 aliphatic rings. The number of aliphatic hydroxyl groups is 2. The predicted molar refractivity (Wildman–Crippen MR) is 137 cm³/mol. The van der Waals surface area contributed by atoms with E-state index in [9.17, 15) is 43.5 Å². The van der Waals surface area contributed by atoms with Gasteiger partial charge in [-0.15, -0.1) is 0 Å². The molecule has 5 N–H and O–H groups in total. The van der Waals surface area contributed by atoms with Crippen molar-refractivity contribution in [3.8, 4) is 5.75 Å². The summed E-state index contributed by atoms with van der Waals surface area (Å²) < 4.78 is 13.5. The van der Waals surface area contributed by atoms with Gasteiger partial charge in [0.2, 0.25) is 5.91 Å². The van der Waals surface area contributed by atoms with Crippen LogP contribution in [-0.4, -0.2) is 96.3 Å². The van der Waals surface area contributed by atoms with E-state index in [1.807, 2.05) is 0 Å². The van der Waals surface area contributed by atoms with Crippen LogP contribution in [0, 0.1) is 23.7 Å². The Morgan fingerprint density at radius 1 is 1.13 bits per heavy atom. The highest BCUT2D eigenvalue weighted by Gasteiger charge is 2.73. The predicted octanol–water partition coefficient (Wildman–Crippen LogP) is -0.930. The Labute approximate surface area is 227 Å². The van der Waals surface area contributed by atoms with Gasteiger partial charge in [-0.05, 0) is 38.6 Å². The first-order valence-electron chi connectivity index (χ1n) is 13.1. The number of benzene rings is 1. The molecule has 0 saturated heterocycles. The third-order valence-corrected chi connectivity index (χ3v) is 11.1. The van der Waals surface area contributed by atoms with Gasteiger partial charge in [0.1, 0.15) is 5.75 Å². The smallest absolute Gasteiger partial charge is 0.235 e. The van der Waals surface area contributed by atoms with Crippen LogP contribution in [-0.2, 0) is 30.0 Å². The normalized spacial score (nSPS) is 37.4. The second-order valence-corrected chi connectivity index (χ2v) is 13.1. The first-order chi connectivity index (χ1) is 18.3. The van der Waals surface area contributed by atoms with Crippen molar-refractivity contribution in [2.45, 2.75) is 54.6 Å². The summed E-state index contributed by atoms with van der Waals surface area (Å²) in [5, 5.41) is 34.1. The number of rotatable bonds is 5. The minimum absolute atomic E-state index is 0.0243. The van der Waals surface area contributed by atoms with Gasteiger partial charge in [0.25, 0.3) is 0 Å². The molecule has 210 valence electrons. The first kappa shape index (κ1) is 27.8. The molecule has 1 aromatic carbocycles. The number of aromatic hydroxyl groups is 1. The Bertz CT molecular complexity index is 1310. The van der Waals surface area contributed by atoms with Gasteiger partial charge >= 0.3 is 0 Å². The van der Waals surface area contributed by atoms with Crippen molar-refractivity contribution < 1.29 is 43.5 Å². The van der Waals surface area contributed by atoms with E-state index in [1.165, 1.54) is 31.1 Å². The molecule has 3 unspecified atom stereocenters. The van der Waals surface area contributed by atoms with Crippen LogP contribution in [0.15, 0.2) is 18.2 Å². The number of primary amides is 1. The van der Waals surface area contributed by atoms with Crippen LogP contribution in [0.25, 0.3) is 0 Å². The number of fused-ring (bicyclic) bond motifs is 3. The lowest BCUT2D eigenvalue weighted by molar-refractivity contribution is -0.196. The molecule has 4 aliphatic carbocycles. The average molecular weight is 561 g/mol. The van der Waals surface area contributed by atoms with E-state index in [2.05, 4.69) is 0 Å². The molecule has 3 saturated carbocycles. The molecule has 1 amide bonds. The molecule has 1 aromatic rings. The second-order valence-electron chi connectivity index (χ2n) is 11.4. The number of carbonyl (C=O) groups excluding carboxylic acids is 5. The number of phenols is 1. The number of nitrogens with zero attached hydrogens (tertiary/aromatic N) is 1. The first-order valence-corrected chi connectivity index (χ1v) is 14.4. The minimum atomic E-state index is -3.06. The van der Waals surface area contributed by atoms with Gasteiger partial charge in [-0.2, -0.15) is 0 Å². The highest BCUT2D eigenvalue weighted by atomic mass is 32.2. The number of likely N-dealkylation sites (N-methyl/N-ethyl adjacent to an activating group) is 1. The lowest BCUT2D eigenvalue weighted by atomic mass is 9.49. The number of hydrogen-bond donors (Lipinski definition) is 4. The van der Waals surface area contributed by atoms with E-state index in [0.29, 0.717) is 5.56 Å². The molecule has 9 atom stereocenters. The molecule has 0 aromatic heterocycles. The summed E-state index contributed by atoms with van der Waals surface area (Å²) in [6, 6.07) is 2.89. The number of Topliss-reactive ketones (excluding diaryl/α,β-unsaturated/α-hetero) is 4. The molecule has 39 heavy (non-hydrogen) atoms. The zero-order valence-corrected chi connectivity index (χ0v) is 22.4. The quantitative estimate of drug-likeness (QED) is 0.327. The number of aliphatic hydroxyl groups excluding tert-OH is 1. The lowest BCUT2D eigenvalue weighted by Gasteiger charge is -2.56. The van der Waals surface area contributed by atoms with Crippen LogP contribution in [0.4, 0.5) is 0 Å². The molecule has 0 bridgehead atoms. The highest BCUT2D eigenvalue weighted by Crippen LogP contribution is 2.54. The van der Waals surface area contributed by atoms with Crippen molar-refractivity contribution in [2.75, 3.05) is 19.8 Å². The second kappa shape index (κ2) is 9.69. The number of carbonyl (C=O) groups is 5. The van der Waals surface area contributed by atoms with E-state index >= 15 is 0 Å². The summed E-state index contributed by atoms with van der Waals surface area (Å²) in [7, 11) is 1.47. The molecular formula is C27H32N2O9S. The van der Waals surface area contributed by atoms with Crippen LogP contribution in [0.5, 0.6) is 5.75 Å². The number of ketones is 4. The standard InChI is InChI=1S/C27H32N2O9S/c1-29(2)20-19-22(32)16-13(10-39(38)11-6-3-4-7-11)12-8-5-9-14(30)15(12)21(31)17(16)24(34)27(19,37)25(35)18(23(20)33)26(28)36/h5,8-9,11,13,16-20,22,30,32,37H,3-4,6-7,10H2,1-2H3,(H2,28,36)/t13-,16+,17?,18?,19+,20-,22-,27-,39?/m0/s1. The van der Waals surface area contributed by atoms with Crippen LogP contribution in [0.2, 0.25) is 0 Å². The van der Waals surface area contributed by atoms with Gasteiger partial charge in [0.05, 0.1) is 29.5 Å². The Kier molecular flexibility index (Phi) is 6.89. The number of nitrogens with two attached hydrogens (primary N) is 1. The van der Waals surface area contributed by atoms with E-state index in [-0.39, 0.29) is 16.6 Å². The van der Waals surface area contributed by atoms with Gasteiger partial charge < -0.3 is 21.1 Å². The SMILES string of the molecule is CN(C)[C@@H]1C(=O)C(C(N)=O)C(=O)[C@@]2(O)C(=O)C3C(=O)c4c(O)cccc4[C@H](CS(=O)C4CCCC4)[C@H]3[C@H](O)[C@@H]12. The Morgan fingerprint density at radius 2 is 1.77 bits per heavy atom. The van der Waals surface area contributed by atoms with Crippen molar-refractivity contribution in [3.63, 3.8) is 0 Å². The Balaban J connectivity index is 1.70. The molecule has 3 fully saturated rings. The monoisotopic (exact) mass is 560 g/mol. The Morgan fingerprint density at radius 3 is 2.36 bits per heavy atom. The third-order valence-electron chi connectivity index (χ3n) is 9.17. The zero-order valence-electron chi connectivity index (χ0n) is 21.6. The zero-order chi connectivity index (χ0) is 28.5. The molecule has 0 radical (unpaired) electrons. The van der Waals surface area contributed by atoms with Crippen LogP contribution >= 0.6 is 0 Å². The summed E-state index contributed by atoms with van der Waals surface area (Å²) in [4.78, 5) is 68.1. The minimum Gasteiger partial charge on any atom is -0.507 e. The summed E-state index contributed by atoms with van der Waals surface area (Å²) >= 11 is 0. The van der Waals surface area contributed by atoms with Gasteiger partial charge in [0, 0.05) is 33.6 Å². The Hall–Kier alpha value is -2.80. The molecule has 11 nitrogen and oxygen atoms in total. The van der Waals surface area contributed by atoms with Crippen molar-refractivity contribution in [1.82, 2.24) is 4.90 Å². The number of amides is 1. The van der Waals surface area contributed by atoms with Gasteiger partial charge in [0.15, 0.2) is 34.7 Å². The highest BCUT2D eigenvalue weighted by molar-refractivity contribution is 7.85. The van der Waals surface area contributed by atoms with E-state index in [4.69, 9.17) is 5.73 Å². The van der Waals surface area contributed by atoms with Gasteiger partial charge in [-0.3, -0.25) is 33.1 Å². The fourth-order valence-electron chi connectivity index (χ4n) is 7.43. The van der Waals surface area contributed by atoms with Crippen LogP contribution < -0.4 is 5.73 Å². The maximum atomic E-state index is 14.1. The van der Waals surface area contributed by atoms with E-state index in [1.54, 1.807) is 6.07 Å². The molecule has 0 heterocycles. The fourth-order valence-corrected chi connectivity index (χ4v) is 9.32. The summed E-state index contributed by atoms with van der Waals surface area (Å²) in [5.74, 6) is -14.1. The summed E-state index contributed by atoms with van der Waals surface area (Å²) in [6.07, 6.45) is 1.60. The maximum absolute atomic E-state index is 14.1. The lowest BCUT2D eigenvalue weighted by Crippen LogP contribution is -2.78. The van der Waals surface area contributed by atoms with Crippen molar-refractivity contribution in [1.29, 1.82) is 0 Å². The number of phenolic OH excluding ortho intramolecular Hbond substituents is 1. The maximum Gasteiger partial charge on any atom is 0.235 e. The molecule has 0 aliphatic heterocycles. The van der Waals surface area contributed by atoms with Gasteiger partial charge in [-0.25, -0.2) is 0 Å². The van der Waals surface area contributed by atoms with Gasteiger partial charge in [-0.1, -0.05) is 25.0 Å². The van der Waals surface area contributed by atoms with Crippen LogP contribution in [0.3, 0.4) is 0 Å². The van der Waals surface area contributed by atoms with E-state index in [0.717, 1.165) is 25.7 Å². The van der Waals surface area contributed by atoms with E-state index < -0.39 is 92.9 Å². The summed E-state index contributed by atoms with van der Waals surface area (Å²) in [6.45, 7) is 0. The molecular weight excluding hydrogens is 528 g/mol. The summed E-state index contributed by atoms with van der Waals surface area (Å²) in [5.41, 5.74) is 2.40. The topological polar surface area (TPSA) is 192 Å². The van der Waals surface area contributed by atoms with Crippen molar-refractivity contribution >= 4 is 39.8 Å². The fraction of sp³-hybridized carbons (Fsp3) is 0.593. The average Bonchev–Trinajstić information content (AvgIpc) is 3.40. The van der Waals surface area contributed by atoms with Crippen LogP contribution in [0.1, 0.15) is 47.5 Å². The molecule has 5 rings (SSSR count). The number of hydrogen-bond acceptors (Lipinski definition) is 10. The molecule has 0 spiro atoms. The largest absolute Gasteiger partial charge is 0.507 e. The van der Waals surface area contributed by atoms with Crippen molar-refractivity contribution in [3.05, 3.63) is 29.3 Å². The molecule has 12 heteroatoms. The van der Waals surface area contributed by atoms with Crippen molar-refractivity contribution in [2.24, 2.45) is 29.4 Å².